The molecule has 3 nitrogen and oxygen atoms in total. The van der Waals surface area contributed by atoms with Crippen LogP contribution in [-0.2, 0) is 0 Å². The Morgan fingerprint density at radius 3 is 2.93 bits per heavy atom. The smallest absolute Gasteiger partial charge is 0.164 e. The van der Waals surface area contributed by atoms with Crippen molar-refractivity contribution in [1.82, 2.24) is 9.88 Å². The van der Waals surface area contributed by atoms with Gasteiger partial charge < -0.3 is 9.80 Å². The lowest BCUT2D eigenvalue weighted by atomic mass is 10.2. The van der Waals surface area contributed by atoms with Gasteiger partial charge >= 0.3 is 0 Å². The molecule has 1 aliphatic heterocycles. The molecular weight excluding hydrogens is 193 g/mol. The number of nitrogens with zero attached hydrogens (tertiary/aromatic N) is 3. The van der Waals surface area contributed by atoms with Crippen molar-refractivity contribution < 1.29 is 4.39 Å². The second-order valence-corrected chi connectivity index (χ2v) is 4.10. The van der Waals surface area contributed by atoms with Crippen molar-refractivity contribution in [3.8, 4) is 0 Å². The minimum Gasteiger partial charge on any atom is -0.366 e. The van der Waals surface area contributed by atoms with Crippen LogP contribution in [0, 0.1) is 5.82 Å². The lowest BCUT2D eigenvalue weighted by Crippen LogP contribution is -2.50. The third-order valence-corrected chi connectivity index (χ3v) is 3.05. The highest BCUT2D eigenvalue weighted by atomic mass is 19.1. The van der Waals surface area contributed by atoms with Crippen LogP contribution in [-0.4, -0.2) is 42.6 Å². The number of hydrogen-bond acceptors (Lipinski definition) is 3. The van der Waals surface area contributed by atoms with E-state index in [-0.39, 0.29) is 5.82 Å². The average molecular weight is 209 g/mol. The predicted octanol–water partition coefficient (Wildman–Crippen LogP) is 1.36. The second-order valence-electron chi connectivity index (χ2n) is 4.10. The van der Waals surface area contributed by atoms with Gasteiger partial charge in [0.1, 0.15) is 0 Å². The molecule has 0 aromatic carbocycles. The molecule has 1 unspecified atom stereocenters. The summed E-state index contributed by atoms with van der Waals surface area (Å²) in [5.74, 6) is -0.228. The topological polar surface area (TPSA) is 19.4 Å². The number of anilines is 1. The zero-order valence-corrected chi connectivity index (χ0v) is 9.15. The Bertz CT molecular complexity index is 342. The summed E-state index contributed by atoms with van der Waals surface area (Å²) in [5.41, 5.74) is 0.671. The number of halogens is 1. The highest BCUT2D eigenvalue weighted by Gasteiger charge is 2.22. The molecule has 0 N–H and O–H groups in total. The monoisotopic (exact) mass is 209 g/mol. The van der Waals surface area contributed by atoms with Crippen molar-refractivity contribution in [3.05, 3.63) is 24.3 Å². The maximum Gasteiger partial charge on any atom is 0.164 e. The van der Waals surface area contributed by atoms with Crippen molar-refractivity contribution >= 4 is 5.69 Å². The van der Waals surface area contributed by atoms with E-state index in [9.17, 15) is 4.39 Å². The van der Waals surface area contributed by atoms with Crippen molar-refractivity contribution in [1.29, 1.82) is 0 Å². The maximum absolute atomic E-state index is 13.5. The molecule has 2 rings (SSSR count). The summed E-state index contributed by atoms with van der Waals surface area (Å²) in [6.45, 7) is 4.88. The zero-order valence-electron chi connectivity index (χ0n) is 9.15. The zero-order chi connectivity index (χ0) is 10.8. The van der Waals surface area contributed by atoms with Gasteiger partial charge in [-0.1, -0.05) is 0 Å². The first-order valence-corrected chi connectivity index (χ1v) is 5.23. The lowest BCUT2D eigenvalue weighted by Gasteiger charge is -2.38. The molecule has 0 saturated carbocycles. The van der Waals surface area contributed by atoms with Crippen LogP contribution in [0.15, 0.2) is 18.5 Å². The molecule has 1 atom stereocenters. The highest BCUT2D eigenvalue weighted by molar-refractivity contribution is 5.46. The minimum absolute atomic E-state index is 0.228. The normalized spacial score (nSPS) is 23.1. The third-order valence-electron chi connectivity index (χ3n) is 3.05. The summed E-state index contributed by atoms with van der Waals surface area (Å²) in [7, 11) is 2.10. The Morgan fingerprint density at radius 2 is 2.27 bits per heavy atom. The van der Waals surface area contributed by atoms with Crippen LogP contribution in [0.1, 0.15) is 6.92 Å². The Balaban J connectivity index is 2.15. The van der Waals surface area contributed by atoms with Crippen LogP contribution in [0.4, 0.5) is 10.1 Å². The molecule has 1 fully saturated rings. The van der Waals surface area contributed by atoms with E-state index < -0.39 is 0 Å². The summed E-state index contributed by atoms with van der Waals surface area (Å²) in [6, 6.07) is 2.21. The fraction of sp³-hybridized carbons (Fsp3) is 0.545. The van der Waals surface area contributed by atoms with Crippen molar-refractivity contribution in [2.24, 2.45) is 0 Å². The molecule has 0 bridgehead atoms. The van der Waals surface area contributed by atoms with E-state index in [0.29, 0.717) is 11.7 Å². The number of likely N-dealkylation sites (N-methyl/N-ethyl adjacent to an activating group) is 1. The first-order valence-electron chi connectivity index (χ1n) is 5.23. The van der Waals surface area contributed by atoms with Gasteiger partial charge in [0, 0.05) is 31.9 Å². The standard InChI is InChI=1S/C11H16FN3/c1-9-8-15(6-5-14(9)2)11-3-4-13-7-10(11)12/h3-4,7,9H,5-6,8H2,1-2H3. The molecule has 1 aromatic heterocycles. The number of piperazine rings is 1. The molecular formula is C11H16FN3. The largest absolute Gasteiger partial charge is 0.366 e. The van der Waals surface area contributed by atoms with Gasteiger partial charge in [-0.25, -0.2) is 4.39 Å². The van der Waals surface area contributed by atoms with Crippen molar-refractivity contribution in [3.63, 3.8) is 0 Å². The predicted molar refractivity (Wildman–Crippen MR) is 58.5 cm³/mol. The SMILES string of the molecule is CC1CN(c2ccncc2F)CCN1C. The van der Waals surface area contributed by atoms with E-state index in [2.05, 4.69) is 28.8 Å². The lowest BCUT2D eigenvalue weighted by molar-refractivity contribution is 0.233. The maximum atomic E-state index is 13.5. The first-order chi connectivity index (χ1) is 7.18. The van der Waals surface area contributed by atoms with Crippen molar-refractivity contribution in [2.75, 3.05) is 31.6 Å². The van der Waals surface area contributed by atoms with Crippen LogP contribution < -0.4 is 4.90 Å². The van der Waals surface area contributed by atoms with Gasteiger partial charge in [0.25, 0.3) is 0 Å². The molecule has 0 amide bonds. The first kappa shape index (κ1) is 10.4. The van der Waals surface area contributed by atoms with E-state index in [1.165, 1.54) is 6.20 Å². The van der Waals surface area contributed by atoms with Crippen molar-refractivity contribution in [2.45, 2.75) is 13.0 Å². The average Bonchev–Trinajstić information content (AvgIpc) is 2.23. The van der Waals surface area contributed by atoms with Gasteiger partial charge in [-0.2, -0.15) is 0 Å². The second kappa shape index (κ2) is 4.14. The van der Waals surface area contributed by atoms with Gasteiger partial charge in [-0.3, -0.25) is 4.98 Å². The van der Waals surface area contributed by atoms with Crippen LogP contribution >= 0.6 is 0 Å². The molecule has 0 aliphatic carbocycles. The van der Waals surface area contributed by atoms with Gasteiger partial charge in [-0.15, -0.1) is 0 Å². The minimum atomic E-state index is -0.228. The van der Waals surface area contributed by atoms with Crippen LogP contribution in [0.2, 0.25) is 0 Å². The Hall–Kier alpha value is -1.16. The van der Waals surface area contributed by atoms with Gasteiger partial charge in [-0.05, 0) is 20.0 Å². The summed E-state index contributed by atoms with van der Waals surface area (Å²) in [4.78, 5) is 8.13. The van der Waals surface area contributed by atoms with Crippen LogP contribution in [0.25, 0.3) is 0 Å². The number of pyridine rings is 1. The fourth-order valence-electron chi connectivity index (χ4n) is 1.89. The summed E-state index contributed by atoms with van der Waals surface area (Å²) >= 11 is 0. The summed E-state index contributed by atoms with van der Waals surface area (Å²) < 4.78 is 13.5. The molecule has 82 valence electrons. The molecule has 1 saturated heterocycles. The number of aromatic nitrogens is 1. The molecule has 0 spiro atoms. The summed E-state index contributed by atoms with van der Waals surface area (Å²) in [5, 5.41) is 0. The summed E-state index contributed by atoms with van der Waals surface area (Å²) in [6.07, 6.45) is 2.92. The molecule has 0 radical (unpaired) electrons. The van der Waals surface area contributed by atoms with E-state index >= 15 is 0 Å². The van der Waals surface area contributed by atoms with E-state index in [1.54, 1.807) is 12.3 Å². The van der Waals surface area contributed by atoms with E-state index in [1.807, 2.05) is 0 Å². The molecule has 1 aromatic rings. The highest BCUT2D eigenvalue weighted by Crippen LogP contribution is 2.20. The van der Waals surface area contributed by atoms with Crippen LogP contribution in [0.3, 0.4) is 0 Å². The quantitative estimate of drug-likeness (QED) is 0.696. The Labute approximate surface area is 89.5 Å². The Morgan fingerprint density at radius 1 is 1.47 bits per heavy atom. The van der Waals surface area contributed by atoms with Gasteiger partial charge in [0.05, 0.1) is 11.9 Å². The van der Waals surface area contributed by atoms with E-state index in [0.717, 1.165) is 19.6 Å². The van der Waals surface area contributed by atoms with Gasteiger partial charge in [0.2, 0.25) is 0 Å². The Kier molecular flexibility index (Phi) is 2.86. The molecule has 2 heterocycles. The molecule has 1 aliphatic rings. The third kappa shape index (κ3) is 2.09. The number of hydrogen-bond donors (Lipinski definition) is 0. The molecule has 4 heteroatoms. The van der Waals surface area contributed by atoms with Gasteiger partial charge in [0.15, 0.2) is 5.82 Å². The molecule has 15 heavy (non-hydrogen) atoms. The van der Waals surface area contributed by atoms with Crippen LogP contribution in [0.5, 0.6) is 0 Å². The fourth-order valence-corrected chi connectivity index (χ4v) is 1.89. The van der Waals surface area contributed by atoms with E-state index in [4.69, 9.17) is 0 Å². The number of rotatable bonds is 1.